The molecule has 0 atom stereocenters. The molecule has 3 rings (SSSR count). The van der Waals surface area contributed by atoms with E-state index in [0.717, 1.165) is 16.9 Å². The molecule has 0 aliphatic carbocycles. The minimum atomic E-state index is -1.04. The van der Waals surface area contributed by atoms with Crippen LogP contribution in [0.1, 0.15) is 23.0 Å². The van der Waals surface area contributed by atoms with Crippen molar-refractivity contribution in [2.75, 3.05) is 0 Å². The Morgan fingerprint density at radius 2 is 2.30 bits per heavy atom. The summed E-state index contributed by atoms with van der Waals surface area (Å²) in [6.45, 7) is 1.98. The molecule has 3 aromatic heterocycles. The Balaban J connectivity index is 2.31. The Labute approximate surface area is 123 Å². The van der Waals surface area contributed by atoms with Crippen LogP contribution in [0.25, 0.3) is 16.2 Å². The van der Waals surface area contributed by atoms with E-state index in [1.165, 1.54) is 21.9 Å². The van der Waals surface area contributed by atoms with E-state index >= 15 is 0 Å². The summed E-state index contributed by atoms with van der Waals surface area (Å²) in [5.41, 5.74) is 2.18. The highest BCUT2D eigenvalue weighted by atomic mass is 35.5. The van der Waals surface area contributed by atoms with Crippen molar-refractivity contribution in [2.24, 2.45) is 0 Å². The normalized spacial score (nSPS) is 11.1. The van der Waals surface area contributed by atoms with Gasteiger partial charge in [-0.2, -0.15) is 5.10 Å². The highest BCUT2D eigenvalue weighted by Crippen LogP contribution is 2.31. The molecule has 0 bridgehead atoms. The van der Waals surface area contributed by atoms with Gasteiger partial charge in [0.05, 0.1) is 21.1 Å². The smallest absolute Gasteiger partial charge is 0.354 e. The van der Waals surface area contributed by atoms with Gasteiger partial charge in [-0.15, -0.1) is 11.3 Å². The van der Waals surface area contributed by atoms with Crippen LogP contribution in [0.2, 0.25) is 4.34 Å². The number of aromatic nitrogens is 3. The summed E-state index contributed by atoms with van der Waals surface area (Å²) in [6, 6.07) is 5.12. The summed E-state index contributed by atoms with van der Waals surface area (Å²) in [5, 5.41) is 13.4. The molecule has 0 aliphatic rings. The van der Waals surface area contributed by atoms with Gasteiger partial charge in [-0.1, -0.05) is 18.5 Å². The highest BCUT2D eigenvalue weighted by Gasteiger charge is 2.16. The van der Waals surface area contributed by atoms with Gasteiger partial charge in [0, 0.05) is 5.56 Å². The maximum atomic E-state index is 11.4. The second kappa shape index (κ2) is 4.88. The number of rotatable bonds is 3. The number of carboxylic acid groups (broad SMARTS) is 1. The lowest BCUT2D eigenvalue weighted by atomic mass is 10.2. The molecule has 102 valence electrons. The fourth-order valence-corrected chi connectivity index (χ4v) is 2.99. The van der Waals surface area contributed by atoms with Crippen LogP contribution in [0.15, 0.2) is 24.4 Å². The summed E-state index contributed by atoms with van der Waals surface area (Å²) in [7, 11) is 0. The van der Waals surface area contributed by atoms with Crippen molar-refractivity contribution >= 4 is 34.6 Å². The number of halogens is 1. The van der Waals surface area contributed by atoms with E-state index in [2.05, 4.69) is 10.1 Å². The zero-order valence-electron chi connectivity index (χ0n) is 10.5. The van der Waals surface area contributed by atoms with Gasteiger partial charge in [-0.05, 0) is 24.6 Å². The van der Waals surface area contributed by atoms with E-state index in [1.807, 2.05) is 13.0 Å². The van der Waals surface area contributed by atoms with E-state index in [9.17, 15) is 9.90 Å². The quantitative estimate of drug-likeness (QED) is 0.805. The zero-order chi connectivity index (χ0) is 14.3. The van der Waals surface area contributed by atoms with E-state index < -0.39 is 5.97 Å². The summed E-state index contributed by atoms with van der Waals surface area (Å²) in [5.74, 6) is -1.04. The summed E-state index contributed by atoms with van der Waals surface area (Å²) in [4.78, 5) is 16.7. The first-order valence-electron chi connectivity index (χ1n) is 5.96. The average Bonchev–Trinajstić information content (AvgIpc) is 3.03. The van der Waals surface area contributed by atoms with Crippen molar-refractivity contribution in [3.05, 3.63) is 40.0 Å². The van der Waals surface area contributed by atoms with Gasteiger partial charge in [0.1, 0.15) is 0 Å². The predicted molar refractivity (Wildman–Crippen MR) is 77.6 cm³/mol. The molecule has 0 saturated carbocycles. The standard InChI is InChI=1S/C13H10ClN3O2S/c1-2-7-6-15-17-9(13(18)19)5-8(16-12(7)17)10-3-4-11(14)20-10/h3-6H,2H2,1H3,(H,18,19). The third kappa shape index (κ3) is 2.07. The van der Waals surface area contributed by atoms with Gasteiger partial charge in [0.15, 0.2) is 11.3 Å². The van der Waals surface area contributed by atoms with Gasteiger partial charge in [-0.3, -0.25) is 0 Å². The van der Waals surface area contributed by atoms with Crippen molar-refractivity contribution in [2.45, 2.75) is 13.3 Å². The number of fused-ring (bicyclic) bond motifs is 1. The van der Waals surface area contributed by atoms with Crippen LogP contribution >= 0.6 is 22.9 Å². The molecule has 1 N–H and O–H groups in total. The molecule has 0 aliphatic heterocycles. The van der Waals surface area contributed by atoms with Crippen LogP contribution < -0.4 is 0 Å². The van der Waals surface area contributed by atoms with Crippen LogP contribution in [0.4, 0.5) is 0 Å². The van der Waals surface area contributed by atoms with Crippen molar-refractivity contribution in [3.63, 3.8) is 0 Å². The molecule has 0 saturated heterocycles. The highest BCUT2D eigenvalue weighted by molar-refractivity contribution is 7.19. The Bertz CT molecular complexity index is 809. The minimum absolute atomic E-state index is 0.0919. The van der Waals surface area contributed by atoms with E-state index in [4.69, 9.17) is 11.6 Å². The molecular formula is C13H10ClN3O2S. The van der Waals surface area contributed by atoms with Gasteiger partial charge >= 0.3 is 5.97 Å². The SMILES string of the molecule is CCc1cnn2c(C(=O)O)cc(-c3ccc(Cl)s3)nc12. The van der Waals surface area contributed by atoms with Crippen molar-refractivity contribution in [1.29, 1.82) is 0 Å². The fourth-order valence-electron chi connectivity index (χ4n) is 1.99. The van der Waals surface area contributed by atoms with Crippen LogP contribution in [0.5, 0.6) is 0 Å². The molecular weight excluding hydrogens is 298 g/mol. The van der Waals surface area contributed by atoms with E-state index in [0.29, 0.717) is 15.7 Å². The molecule has 0 fully saturated rings. The summed E-state index contributed by atoms with van der Waals surface area (Å²) in [6.07, 6.45) is 2.39. The van der Waals surface area contributed by atoms with Crippen LogP contribution in [0, 0.1) is 0 Å². The number of hydrogen-bond acceptors (Lipinski definition) is 4. The molecule has 0 amide bonds. The second-order valence-electron chi connectivity index (χ2n) is 4.19. The maximum absolute atomic E-state index is 11.4. The van der Waals surface area contributed by atoms with Crippen molar-refractivity contribution in [3.8, 4) is 10.6 Å². The summed E-state index contributed by atoms with van der Waals surface area (Å²) < 4.78 is 2.00. The van der Waals surface area contributed by atoms with Crippen LogP contribution in [-0.4, -0.2) is 25.7 Å². The molecule has 3 heterocycles. The number of carbonyl (C=O) groups is 1. The minimum Gasteiger partial charge on any atom is -0.477 e. The molecule has 0 radical (unpaired) electrons. The van der Waals surface area contributed by atoms with Gasteiger partial charge in [0.2, 0.25) is 0 Å². The molecule has 3 aromatic rings. The number of hydrogen-bond donors (Lipinski definition) is 1. The number of carboxylic acids is 1. The number of nitrogens with zero attached hydrogens (tertiary/aromatic N) is 3. The molecule has 7 heteroatoms. The monoisotopic (exact) mass is 307 g/mol. The maximum Gasteiger partial charge on any atom is 0.354 e. The lowest BCUT2D eigenvalue weighted by molar-refractivity contribution is 0.0687. The Morgan fingerprint density at radius 1 is 1.50 bits per heavy atom. The van der Waals surface area contributed by atoms with E-state index in [-0.39, 0.29) is 5.69 Å². The molecule has 5 nitrogen and oxygen atoms in total. The number of thiophene rings is 1. The first-order chi connectivity index (χ1) is 9.60. The van der Waals surface area contributed by atoms with E-state index in [1.54, 1.807) is 12.3 Å². The van der Waals surface area contributed by atoms with Gasteiger partial charge in [-0.25, -0.2) is 14.3 Å². The fraction of sp³-hybridized carbons (Fsp3) is 0.154. The molecule has 0 aromatic carbocycles. The Morgan fingerprint density at radius 3 is 2.90 bits per heavy atom. The van der Waals surface area contributed by atoms with Gasteiger partial charge < -0.3 is 5.11 Å². The third-order valence-electron chi connectivity index (χ3n) is 2.97. The first kappa shape index (κ1) is 13.1. The lowest BCUT2D eigenvalue weighted by Crippen LogP contribution is -2.08. The Kier molecular flexibility index (Phi) is 3.19. The molecule has 20 heavy (non-hydrogen) atoms. The van der Waals surface area contributed by atoms with Crippen molar-refractivity contribution in [1.82, 2.24) is 14.6 Å². The summed E-state index contributed by atoms with van der Waals surface area (Å²) >= 11 is 7.29. The third-order valence-corrected chi connectivity index (χ3v) is 4.22. The number of aryl methyl sites for hydroxylation is 1. The largest absolute Gasteiger partial charge is 0.477 e. The average molecular weight is 308 g/mol. The lowest BCUT2D eigenvalue weighted by Gasteiger charge is -2.04. The zero-order valence-corrected chi connectivity index (χ0v) is 12.1. The Hall–Kier alpha value is -1.92. The first-order valence-corrected chi connectivity index (χ1v) is 7.16. The second-order valence-corrected chi connectivity index (χ2v) is 5.91. The predicted octanol–water partition coefficient (Wildman–Crippen LogP) is 3.37. The van der Waals surface area contributed by atoms with Gasteiger partial charge in [0.25, 0.3) is 0 Å². The number of aromatic carboxylic acids is 1. The van der Waals surface area contributed by atoms with Crippen LogP contribution in [0.3, 0.4) is 0 Å². The van der Waals surface area contributed by atoms with Crippen molar-refractivity contribution < 1.29 is 9.90 Å². The van der Waals surface area contributed by atoms with Crippen LogP contribution in [-0.2, 0) is 6.42 Å². The molecule has 0 unspecified atom stereocenters. The topological polar surface area (TPSA) is 67.5 Å². The molecule has 0 spiro atoms.